The second-order valence-corrected chi connectivity index (χ2v) is 4.19. The lowest BCUT2D eigenvalue weighted by atomic mass is 10.2. The van der Waals surface area contributed by atoms with Gasteiger partial charge in [-0.1, -0.05) is 23.7 Å². The molecule has 4 heteroatoms. The number of benzene rings is 2. The molecule has 2 rings (SSSR count). The highest BCUT2D eigenvalue weighted by Crippen LogP contribution is 2.14. The van der Waals surface area contributed by atoms with Crippen molar-refractivity contribution in [2.75, 3.05) is 0 Å². The molecule has 0 fully saturated rings. The van der Waals surface area contributed by atoms with Crippen molar-refractivity contribution in [3.63, 3.8) is 0 Å². The minimum absolute atomic E-state index is 0.112. The molecule has 18 heavy (non-hydrogen) atoms. The highest BCUT2D eigenvalue weighted by molar-refractivity contribution is 6.30. The Kier molecular flexibility index (Phi) is 3.85. The van der Waals surface area contributed by atoms with Crippen molar-refractivity contribution in [2.24, 2.45) is 0 Å². The topological polar surface area (TPSA) is 46.5 Å². The van der Waals surface area contributed by atoms with E-state index in [-0.39, 0.29) is 12.4 Å². The molecule has 0 heterocycles. The number of esters is 1. The molecule has 0 aromatic heterocycles. The number of aromatic hydroxyl groups is 1. The van der Waals surface area contributed by atoms with Gasteiger partial charge in [0.25, 0.3) is 0 Å². The van der Waals surface area contributed by atoms with Gasteiger partial charge in [-0.05, 0) is 42.0 Å². The van der Waals surface area contributed by atoms with E-state index in [0.29, 0.717) is 10.6 Å². The molecule has 0 aliphatic heterocycles. The zero-order valence-electron chi connectivity index (χ0n) is 9.47. The van der Waals surface area contributed by atoms with Crippen LogP contribution in [0.4, 0.5) is 0 Å². The molecular weight excluding hydrogens is 252 g/mol. The van der Waals surface area contributed by atoms with Gasteiger partial charge in [0, 0.05) is 5.02 Å². The van der Waals surface area contributed by atoms with Crippen LogP contribution in [0, 0.1) is 0 Å². The van der Waals surface area contributed by atoms with Gasteiger partial charge >= 0.3 is 5.97 Å². The summed E-state index contributed by atoms with van der Waals surface area (Å²) in [6.45, 7) is 0.167. The lowest BCUT2D eigenvalue weighted by Crippen LogP contribution is -2.04. The molecule has 0 unspecified atom stereocenters. The number of rotatable bonds is 3. The molecule has 0 bridgehead atoms. The van der Waals surface area contributed by atoms with Crippen LogP contribution in [-0.4, -0.2) is 11.1 Å². The fourth-order valence-corrected chi connectivity index (χ4v) is 1.67. The van der Waals surface area contributed by atoms with E-state index in [2.05, 4.69) is 0 Å². The fraction of sp³-hybridized carbons (Fsp3) is 0.0714. The zero-order chi connectivity index (χ0) is 13.0. The molecular formula is C14H11ClO3. The third kappa shape index (κ3) is 3.25. The number of hydrogen-bond donors (Lipinski definition) is 1. The maximum absolute atomic E-state index is 11.7. The normalized spacial score (nSPS) is 10.1. The molecule has 1 N–H and O–H groups in total. The number of ether oxygens (including phenoxy) is 1. The summed E-state index contributed by atoms with van der Waals surface area (Å²) in [5.41, 5.74) is 1.23. The maximum atomic E-state index is 11.7. The van der Waals surface area contributed by atoms with Crippen LogP contribution in [0.15, 0.2) is 48.5 Å². The Hall–Kier alpha value is -2.00. The molecule has 0 radical (unpaired) electrons. The number of phenols is 1. The third-order valence-corrected chi connectivity index (χ3v) is 2.60. The lowest BCUT2D eigenvalue weighted by molar-refractivity contribution is 0.0472. The summed E-state index contributed by atoms with van der Waals surface area (Å²) in [6, 6.07) is 13.0. The number of carbonyl (C=O) groups is 1. The van der Waals surface area contributed by atoms with Crippen LogP contribution in [0.2, 0.25) is 5.02 Å². The van der Waals surface area contributed by atoms with E-state index < -0.39 is 5.97 Å². The number of halogens is 1. The molecule has 2 aromatic carbocycles. The van der Waals surface area contributed by atoms with Crippen LogP contribution in [-0.2, 0) is 11.3 Å². The molecule has 92 valence electrons. The van der Waals surface area contributed by atoms with Crippen molar-refractivity contribution in [1.29, 1.82) is 0 Å². The van der Waals surface area contributed by atoms with Gasteiger partial charge in [0.05, 0.1) is 5.56 Å². The third-order valence-electron chi connectivity index (χ3n) is 2.36. The van der Waals surface area contributed by atoms with Crippen molar-refractivity contribution in [2.45, 2.75) is 6.61 Å². The quantitative estimate of drug-likeness (QED) is 0.863. The second-order valence-electron chi connectivity index (χ2n) is 3.75. The summed E-state index contributed by atoms with van der Waals surface area (Å²) in [4.78, 5) is 11.7. The first kappa shape index (κ1) is 12.5. The highest BCUT2D eigenvalue weighted by atomic mass is 35.5. The first-order chi connectivity index (χ1) is 8.65. The van der Waals surface area contributed by atoms with Gasteiger partial charge in [0.15, 0.2) is 0 Å². The number of hydrogen-bond acceptors (Lipinski definition) is 3. The van der Waals surface area contributed by atoms with Crippen LogP contribution in [0.3, 0.4) is 0 Å². The standard InChI is InChI=1S/C14H11ClO3/c15-12-3-1-2-10(8-12)9-18-14(17)11-4-6-13(16)7-5-11/h1-8,16H,9H2. The van der Waals surface area contributed by atoms with E-state index in [9.17, 15) is 4.79 Å². The van der Waals surface area contributed by atoms with Gasteiger partial charge in [-0.25, -0.2) is 4.79 Å². The Balaban J connectivity index is 1.98. The Morgan fingerprint density at radius 2 is 1.89 bits per heavy atom. The molecule has 0 saturated heterocycles. The summed E-state index contributed by atoms with van der Waals surface area (Å²) < 4.78 is 5.13. The molecule has 3 nitrogen and oxygen atoms in total. The largest absolute Gasteiger partial charge is 0.508 e. The van der Waals surface area contributed by atoms with Gasteiger partial charge < -0.3 is 9.84 Å². The average molecular weight is 263 g/mol. The number of phenolic OH excluding ortho intramolecular Hbond substituents is 1. The van der Waals surface area contributed by atoms with E-state index >= 15 is 0 Å². The van der Waals surface area contributed by atoms with Crippen molar-refractivity contribution in [1.82, 2.24) is 0 Å². The smallest absolute Gasteiger partial charge is 0.338 e. The van der Waals surface area contributed by atoms with E-state index in [1.807, 2.05) is 6.07 Å². The minimum atomic E-state index is -0.435. The van der Waals surface area contributed by atoms with Crippen LogP contribution >= 0.6 is 11.6 Å². The average Bonchev–Trinajstić information content (AvgIpc) is 2.37. The SMILES string of the molecule is O=C(OCc1cccc(Cl)c1)c1ccc(O)cc1. The molecule has 0 atom stereocenters. The van der Waals surface area contributed by atoms with Crippen LogP contribution in [0.25, 0.3) is 0 Å². The molecule has 0 aliphatic carbocycles. The van der Waals surface area contributed by atoms with Crippen molar-refractivity contribution in [3.05, 3.63) is 64.7 Å². The first-order valence-electron chi connectivity index (χ1n) is 5.36. The van der Waals surface area contributed by atoms with Crippen molar-refractivity contribution >= 4 is 17.6 Å². The summed E-state index contributed by atoms with van der Waals surface area (Å²) in [5.74, 6) is -0.323. The zero-order valence-corrected chi connectivity index (χ0v) is 10.2. The Bertz CT molecular complexity index is 549. The summed E-state index contributed by atoms with van der Waals surface area (Å²) >= 11 is 5.83. The molecule has 0 aliphatic rings. The predicted octanol–water partition coefficient (Wildman–Crippen LogP) is 3.40. The Morgan fingerprint density at radius 1 is 1.17 bits per heavy atom. The van der Waals surface area contributed by atoms with Crippen molar-refractivity contribution < 1.29 is 14.6 Å². The Morgan fingerprint density at radius 3 is 2.56 bits per heavy atom. The van der Waals surface area contributed by atoms with Crippen molar-refractivity contribution in [3.8, 4) is 5.75 Å². The molecule has 0 amide bonds. The van der Waals surface area contributed by atoms with Crippen LogP contribution in [0.5, 0.6) is 5.75 Å². The minimum Gasteiger partial charge on any atom is -0.508 e. The van der Waals surface area contributed by atoms with Gasteiger partial charge in [-0.2, -0.15) is 0 Å². The van der Waals surface area contributed by atoms with Gasteiger partial charge in [-0.15, -0.1) is 0 Å². The second kappa shape index (κ2) is 5.56. The van der Waals surface area contributed by atoms with E-state index in [0.717, 1.165) is 5.56 Å². The van der Waals surface area contributed by atoms with Crippen LogP contribution in [0.1, 0.15) is 15.9 Å². The summed E-state index contributed by atoms with van der Waals surface area (Å²) in [6.07, 6.45) is 0. The first-order valence-corrected chi connectivity index (χ1v) is 5.73. The molecule has 0 spiro atoms. The van der Waals surface area contributed by atoms with Gasteiger partial charge in [-0.3, -0.25) is 0 Å². The maximum Gasteiger partial charge on any atom is 0.338 e. The van der Waals surface area contributed by atoms with E-state index in [1.54, 1.807) is 18.2 Å². The van der Waals surface area contributed by atoms with Gasteiger partial charge in [0.2, 0.25) is 0 Å². The van der Waals surface area contributed by atoms with E-state index in [4.69, 9.17) is 21.4 Å². The summed E-state index contributed by atoms with van der Waals surface area (Å²) in [5, 5.41) is 9.71. The van der Waals surface area contributed by atoms with Gasteiger partial charge in [0.1, 0.15) is 12.4 Å². The summed E-state index contributed by atoms with van der Waals surface area (Å²) in [7, 11) is 0. The number of carbonyl (C=O) groups excluding carboxylic acids is 1. The van der Waals surface area contributed by atoms with E-state index in [1.165, 1.54) is 24.3 Å². The monoisotopic (exact) mass is 262 g/mol. The predicted molar refractivity (Wildman–Crippen MR) is 68.7 cm³/mol. The fourth-order valence-electron chi connectivity index (χ4n) is 1.46. The highest BCUT2D eigenvalue weighted by Gasteiger charge is 2.07. The molecule has 2 aromatic rings. The van der Waals surface area contributed by atoms with Crippen LogP contribution < -0.4 is 0 Å². The molecule has 0 saturated carbocycles. The Labute approximate surface area is 110 Å². The lowest BCUT2D eigenvalue weighted by Gasteiger charge is -2.05.